The van der Waals surface area contributed by atoms with Crippen molar-refractivity contribution in [1.82, 2.24) is 0 Å². The van der Waals surface area contributed by atoms with E-state index in [4.69, 9.17) is 0 Å². The molecule has 2 aromatic rings. The van der Waals surface area contributed by atoms with Gasteiger partial charge in [-0.05, 0) is 43.2 Å². The van der Waals surface area contributed by atoms with Crippen LogP contribution in [0.5, 0.6) is 0 Å². The first-order chi connectivity index (χ1) is 13.9. The van der Waals surface area contributed by atoms with Crippen LogP contribution in [0.2, 0.25) is 0 Å². The molecule has 1 aliphatic heterocycles. The number of amidine groups is 1. The van der Waals surface area contributed by atoms with Crippen LogP contribution >= 0.6 is 0 Å². The van der Waals surface area contributed by atoms with Gasteiger partial charge in [-0.3, -0.25) is 9.69 Å². The van der Waals surface area contributed by atoms with Crippen LogP contribution < -0.4 is 10.2 Å². The molecule has 1 saturated carbocycles. The molecule has 152 valence electrons. The number of rotatable bonds is 4. The van der Waals surface area contributed by atoms with E-state index in [-0.39, 0.29) is 22.6 Å². The van der Waals surface area contributed by atoms with Gasteiger partial charge >= 0.3 is 0 Å². The second-order valence-electron chi connectivity index (χ2n) is 7.90. The normalized spacial score (nSPS) is 18.4. The van der Waals surface area contributed by atoms with Crippen LogP contribution in [-0.2, 0) is 14.8 Å². The number of benzene rings is 2. The summed E-state index contributed by atoms with van der Waals surface area (Å²) in [6.07, 6.45) is 4.05. The molecule has 1 amide bonds. The molecule has 1 fully saturated rings. The van der Waals surface area contributed by atoms with E-state index >= 15 is 0 Å². The Morgan fingerprint density at radius 1 is 1.10 bits per heavy atom. The summed E-state index contributed by atoms with van der Waals surface area (Å²) in [5.41, 5.74) is 1.92. The number of nitrogens with zero attached hydrogens (tertiary/aromatic N) is 2. The Bertz CT molecular complexity index is 1060. The highest BCUT2D eigenvalue weighted by Crippen LogP contribution is 2.42. The molecule has 0 aromatic heterocycles. The quantitative estimate of drug-likeness (QED) is 0.790. The molecule has 0 atom stereocenters. The maximum Gasteiger partial charge on any atom is 0.286 e. The van der Waals surface area contributed by atoms with E-state index in [0.29, 0.717) is 17.2 Å². The van der Waals surface area contributed by atoms with Crippen LogP contribution in [0.15, 0.2) is 57.8 Å². The van der Waals surface area contributed by atoms with E-state index in [9.17, 15) is 13.2 Å². The lowest BCUT2D eigenvalue weighted by Crippen LogP contribution is -2.36. The minimum Gasteiger partial charge on any atom is -0.326 e. The molecule has 1 heterocycles. The first-order valence-electron chi connectivity index (χ1n) is 10.0. The third-order valence-electron chi connectivity index (χ3n) is 5.45. The maximum absolute atomic E-state index is 13.1. The molecular weight excluding hydrogens is 386 g/mol. The van der Waals surface area contributed by atoms with Crippen molar-refractivity contribution in [3.8, 4) is 0 Å². The number of anilines is 3. The summed E-state index contributed by atoms with van der Waals surface area (Å²) in [7, 11) is -3.85. The predicted molar refractivity (Wildman–Crippen MR) is 115 cm³/mol. The molecule has 0 spiro atoms. The molecule has 0 saturated heterocycles. The Labute approximate surface area is 171 Å². The van der Waals surface area contributed by atoms with Gasteiger partial charge in [-0.15, -0.1) is 4.40 Å². The monoisotopic (exact) mass is 411 g/mol. The molecule has 0 radical (unpaired) electrons. The fourth-order valence-electron chi connectivity index (χ4n) is 3.90. The minimum absolute atomic E-state index is 0.115. The van der Waals surface area contributed by atoms with Gasteiger partial charge in [0.2, 0.25) is 5.91 Å². The zero-order valence-electron chi connectivity index (χ0n) is 16.6. The smallest absolute Gasteiger partial charge is 0.286 e. The lowest BCUT2D eigenvalue weighted by atomic mass is 10.0. The van der Waals surface area contributed by atoms with Crippen molar-refractivity contribution in [2.24, 2.45) is 16.2 Å². The van der Waals surface area contributed by atoms with Crippen LogP contribution in [0.3, 0.4) is 0 Å². The average molecular weight is 412 g/mol. The summed E-state index contributed by atoms with van der Waals surface area (Å²) in [6, 6.07) is 14.7. The van der Waals surface area contributed by atoms with Crippen molar-refractivity contribution in [2.75, 3.05) is 10.2 Å². The van der Waals surface area contributed by atoms with Gasteiger partial charge in [0.25, 0.3) is 10.0 Å². The van der Waals surface area contributed by atoms with E-state index in [1.54, 1.807) is 26.0 Å². The topological polar surface area (TPSA) is 78.8 Å². The van der Waals surface area contributed by atoms with Gasteiger partial charge in [-0.2, -0.15) is 8.42 Å². The summed E-state index contributed by atoms with van der Waals surface area (Å²) < 4.78 is 30.4. The van der Waals surface area contributed by atoms with E-state index in [1.807, 2.05) is 35.2 Å². The highest BCUT2D eigenvalue weighted by molar-refractivity contribution is 7.90. The maximum atomic E-state index is 13.1. The number of carbonyl (C=O) groups excluding carboxylic acids is 1. The highest BCUT2D eigenvalue weighted by Gasteiger charge is 2.36. The molecule has 6 nitrogen and oxygen atoms in total. The number of para-hydroxylation sites is 1. The van der Waals surface area contributed by atoms with Crippen molar-refractivity contribution < 1.29 is 13.2 Å². The van der Waals surface area contributed by atoms with Gasteiger partial charge in [0, 0.05) is 23.2 Å². The molecule has 2 aromatic carbocycles. The number of carbonyl (C=O) groups is 1. The second kappa shape index (κ2) is 7.63. The number of fused-ring (bicyclic) bond motifs is 1. The van der Waals surface area contributed by atoms with E-state index in [1.165, 1.54) is 6.07 Å². The van der Waals surface area contributed by atoms with E-state index < -0.39 is 10.0 Å². The summed E-state index contributed by atoms with van der Waals surface area (Å²) in [4.78, 5) is 14.1. The van der Waals surface area contributed by atoms with Crippen LogP contribution in [0, 0.1) is 11.8 Å². The second-order valence-corrected chi connectivity index (χ2v) is 9.48. The van der Waals surface area contributed by atoms with Crippen LogP contribution in [0.1, 0.15) is 39.5 Å². The Hall–Kier alpha value is -2.67. The Morgan fingerprint density at radius 3 is 2.45 bits per heavy atom. The Kier molecular flexibility index (Phi) is 5.17. The van der Waals surface area contributed by atoms with Crippen LogP contribution in [0.4, 0.5) is 17.1 Å². The van der Waals surface area contributed by atoms with Gasteiger partial charge in [0.1, 0.15) is 10.7 Å². The van der Waals surface area contributed by atoms with Gasteiger partial charge in [0.15, 0.2) is 0 Å². The molecular formula is C22H25N3O3S. The Balaban J connectivity index is 1.84. The molecule has 2 aliphatic rings. The summed E-state index contributed by atoms with van der Waals surface area (Å²) in [5, 5.41) is 2.78. The number of sulfonamides is 1. The predicted octanol–water partition coefficient (Wildman–Crippen LogP) is 4.71. The SMILES string of the molecule is CC(C)C(=O)Nc1ccc2c(c1)S(=O)(=O)N=C(C1CCCC1)N2c1ccccc1. The van der Waals surface area contributed by atoms with Gasteiger partial charge in [0.05, 0.1) is 5.69 Å². The standard InChI is InChI=1S/C22H25N3O3S/c1-15(2)22(26)23-17-12-13-19-20(14-17)29(27,28)24-21(16-8-6-7-9-16)25(19)18-10-4-3-5-11-18/h3-5,10-16H,6-9H2,1-2H3,(H,23,26). The zero-order valence-corrected chi connectivity index (χ0v) is 17.4. The fraction of sp³-hybridized carbons (Fsp3) is 0.364. The van der Waals surface area contributed by atoms with Crippen LogP contribution in [0.25, 0.3) is 0 Å². The summed E-state index contributed by atoms with van der Waals surface area (Å²) >= 11 is 0. The molecule has 4 rings (SSSR count). The summed E-state index contributed by atoms with van der Waals surface area (Å²) in [5.74, 6) is 0.363. The highest BCUT2D eigenvalue weighted by atomic mass is 32.2. The van der Waals surface area contributed by atoms with Crippen molar-refractivity contribution in [3.63, 3.8) is 0 Å². The Morgan fingerprint density at radius 2 is 1.79 bits per heavy atom. The molecule has 1 aliphatic carbocycles. The van der Waals surface area contributed by atoms with Gasteiger partial charge in [-0.25, -0.2) is 0 Å². The largest absolute Gasteiger partial charge is 0.326 e. The molecule has 7 heteroatoms. The summed E-state index contributed by atoms with van der Waals surface area (Å²) in [6.45, 7) is 3.58. The first kappa shape index (κ1) is 19.6. The lowest BCUT2D eigenvalue weighted by molar-refractivity contribution is -0.118. The van der Waals surface area contributed by atoms with E-state index in [2.05, 4.69) is 9.71 Å². The van der Waals surface area contributed by atoms with Gasteiger partial charge in [-0.1, -0.05) is 44.9 Å². The fourth-order valence-corrected chi connectivity index (χ4v) is 5.17. The molecule has 0 unspecified atom stereocenters. The zero-order chi connectivity index (χ0) is 20.6. The molecule has 1 N–H and O–H groups in total. The lowest BCUT2D eigenvalue weighted by Gasteiger charge is -2.33. The van der Waals surface area contributed by atoms with Crippen molar-refractivity contribution >= 4 is 38.8 Å². The number of hydrogen-bond donors (Lipinski definition) is 1. The van der Waals surface area contributed by atoms with Crippen LogP contribution in [-0.4, -0.2) is 20.2 Å². The van der Waals surface area contributed by atoms with Crippen molar-refractivity contribution in [1.29, 1.82) is 0 Å². The number of hydrogen-bond acceptors (Lipinski definition) is 4. The van der Waals surface area contributed by atoms with Crippen molar-refractivity contribution in [2.45, 2.75) is 44.4 Å². The first-order valence-corrected chi connectivity index (χ1v) is 11.5. The third kappa shape index (κ3) is 3.79. The number of nitrogens with one attached hydrogen (secondary N) is 1. The minimum atomic E-state index is -3.85. The third-order valence-corrected chi connectivity index (χ3v) is 6.76. The van der Waals surface area contributed by atoms with E-state index in [0.717, 1.165) is 31.4 Å². The average Bonchev–Trinajstić information content (AvgIpc) is 3.23. The number of amides is 1. The molecule has 0 bridgehead atoms. The van der Waals surface area contributed by atoms with Gasteiger partial charge < -0.3 is 5.32 Å². The molecule has 29 heavy (non-hydrogen) atoms. The van der Waals surface area contributed by atoms with Crippen molar-refractivity contribution in [3.05, 3.63) is 48.5 Å².